The molecule has 0 unspecified atom stereocenters. The molecule has 1 heterocycles. The molecule has 0 aliphatic rings. The number of carbonyl (C=O) groups excluding carboxylic acids is 1. The molecule has 0 aliphatic carbocycles. The van der Waals surface area contributed by atoms with Gasteiger partial charge in [0.05, 0.1) is 0 Å². The Balaban J connectivity index is 1.58. The van der Waals surface area contributed by atoms with Gasteiger partial charge in [-0.25, -0.2) is 0 Å². The van der Waals surface area contributed by atoms with Crippen LogP contribution in [0.15, 0.2) is 89.5 Å². The fourth-order valence-corrected chi connectivity index (χ4v) is 3.00. The molecule has 3 aromatic carbocycles. The molecule has 0 atom stereocenters. The third-order valence-electron chi connectivity index (χ3n) is 4.39. The number of hydrogen-bond donors (Lipinski definition) is 1. The Bertz CT molecular complexity index is 1050. The van der Waals surface area contributed by atoms with Crippen molar-refractivity contribution >= 4 is 11.6 Å². The molecular weight excluding hydrogens is 336 g/mol. The normalized spacial score (nSPS) is 10.6. The number of amides is 1. The van der Waals surface area contributed by atoms with Gasteiger partial charge in [-0.3, -0.25) is 4.79 Å². The van der Waals surface area contributed by atoms with Crippen molar-refractivity contribution in [3.63, 3.8) is 0 Å². The smallest absolute Gasteiger partial charge is 0.261 e. The number of rotatable bonds is 4. The quantitative estimate of drug-likeness (QED) is 0.521. The zero-order chi connectivity index (χ0) is 18.6. The van der Waals surface area contributed by atoms with E-state index in [0.29, 0.717) is 17.0 Å². The lowest BCUT2D eigenvalue weighted by atomic mass is 10.0. The Kier molecular flexibility index (Phi) is 4.54. The van der Waals surface area contributed by atoms with E-state index >= 15 is 0 Å². The molecule has 4 heteroatoms. The number of aromatic nitrogens is 1. The number of nitrogens with one attached hydrogen (secondary N) is 1. The predicted octanol–water partition coefficient (Wildman–Crippen LogP) is 5.57. The van der Waals surface area contributed by atoms with E-state index in [4.69, 9.17) is 4.52 Å². The van der Waals surface area contributed by atoms with Gasteiger partial charge in [0.25, 0.3) is 5.91 Å². The first kappa shape index (κ1) is 16.8. The van der Waals surface area contributed by atoms with Crippen LogP contribution in [0.3, 0.4) is 0 Å². The molecule has 0 radical (unpaired) electrons. The molecular formula is C23H18N2O2. The van der Waals surface area contributed by atoms with E-state index in [2.05, 4.69) is 22.6 Å². The fourth-order valence-electron chi connectivity index (χ4n) is 3.00. The maximum absolute atomic E-state index is 12.8. The summed E-state index contributed by atoms with van der Waals surface area (Å²) in [6.07, 6.45) is 0. The van der Waals surface area contributed by atoms with Crippen LogP contribution in [0.1, 0.15) is 16.1 Å². The van der Waals surface area contributed by atoms with Gasteiger partial charge in [-0.15, -0.1) is 0 Å². The van der Waals surface area contributed by atoms with E-state index in [1.165, 1.54) is 0 Å². The SMILES string of the molecule is Cc1onc(-c2ccccc2)c1C(=O)Nc1ccc(-c2ccccc2)cc1. The van der Waals surface area contributed by atoms with Crippen molar-refractivity contribution in [3.8, 4) is 22.4 Å². The van der Waals surface area contributed by atoms with Crippen molar-refractivity contribution < 1.29 is 9.32 Å². The van der Waals surface area contributed by atoms with Crippen molar-refractivity contribution in [3.05, 3.63) is 96.3 Å². The number of aryl methyl sites for hydroxylation is 1. The lowest BCUT2D eigenvalue weighted by molar-refractivity contribution is 0.102. The third kappa shape index (κ3) is 3.51. The molecule has 4 rings (SSSR count). The lowest BCUT2D eigenvalue weighted by Crippen LogP contribution is -2.13. The minimum Gasteiger partial charge on any atom is -0.360 e. The predicted molar refractivity (Wildman–Crippen MR) is 107 cm³/mol. The number of benzene rings is 3. The van der Waals surface area contributed by atoms with Crippen LogP contribution in [0.2, 0.25) is 0 Å². The average molecular weight is 354 g/mol. The number of anilines is 1. The molecule has 0 spiro atoms. The van der Waals surface area contributed by atoms with Crippen LogP contribution >= 0.6 is 0 Å². The standard InChI is InChI=1S/C23H18N2O2/c1-16-21(22(25-27-16)19-10-6-3-7-11-19)23(26)24-20-14-12-18(13-15-20)17-8-4-2-5-9-17/h2-15H,1H3,(H,24,26). The minimum atomic E-state index is -0.236. The van der Waals surface area contributed by atoms with Gasteiger partial charge in [0, 0.05) is 11.3 Å². The molecule has 1 aromatic heterocycles. The molecule has 4 nitrogen and oxygen atoms in total. The number of hydrogen-bond acceptors (Lipinski definition) is 3. The molecule has 0 aliphatic heterocycles. The molecule has 4 aromatic rings. The van der Waals surface area contributed by atoms with Gasteiger partial charge < -0.3 is 9.84 Å². The van der Waals surface area contributed by atoms with Crippen LogP contribution in [0.25, 0.3) is 22.4 Å². The molecule has 0 saturated heterocycles. The first-order chi connectivity index (χ1) is 13.2. The number of carbonyl (C=O) groups is 1. The first-order valence-electron chi connectivity index (χ1n) is 8.71. The maximum atomic E-state index is 12.8. The average Bonchev–Trinajstić information content (AvgIpc) is 3.11. The summed E-state index contributed by atoms with van der Waals surface area (Å²) in [5.74, 6) is 0.257. The highest BCUT2D eigenvalue weighted by atomic mass is 16.5. The van der Waals surface area contributed by atoms with Gasteiger partial charge in [-0.1, -0.05) is 78.0 Å². The topological polar surface area (TPSA) is 55.1 Å². The summed E-state index contributed by atoms with van der Waals surface area (Å²) < 4.78 is 5.28. The van der Waals surface area contributed by atoms with Crippen molar-refractivity contribution in [2.45, 2.75) is 6.92 Å². The maximum Gasteiger partial charge on any atom is 0.261 e. The van der Waals surface area contributed by atoms with Crippen molar-refractivity contribution in [1.82, 2.24) is 5.16 Å². The minimum absolute atomic E-state index is 0.236. The van der Waals surface area contributed by atoms with Crippen LogP contribution in [0.5, 0.6) is 0 Å². The second-order valence-electron chi connectivity index (χ2n) is 6.23. The molecule has 1 amide bonds. The first-order valence-corrected chi connectivity index (χ1v) is 8.71. The van der Waals surface area contributed by atoms with Gasteiger partial charge in [0.1, 0.15) is 17.0 Å². The Hall–Kier alpha value is -3.66. The highest BCUT2D eigenvalue weighted by molar-refractivity contribution is 6.08. The fraction of sp³-hybridized carbons (Fsp3) is 0.0435. The Morgan fingerprint density at radius 1 is 0.778 bits per heavy atom. The summed E-state index contributed by atoms with van der Waals surface area (Å²) in [4.78, 5) is 12.8. The van der Waals surface area contributed by atoms with Gasteiger partial charge in [0.15, 0.2) is 0 Å². The van der Waals surface area contributed by atoms with Crippen LogP contribution in [-0.2, 0) is 0 Å². The van der Waals surface area contributed by atoms with E-state index in [-0.39, 0.29) is 5.91 Å². The second kappa shape index (κ2) is 7.30. The summed E-state index contributed by atoms with van der Waals surface area (Å²) in [5.41, 5.74) is 4.80. The highest BCUT2D eigenvalue weighted by Gasteiger charge is 2.21. The van der Waals surface area contributed by atoms with Crippen molar-refractivity contribution in [2.75, 3.05) is 5.32 Å². The molecule has 0 fully saturated rings. The van der Waals surface area contributed by atoms with E-state index in [9.17, 15) is 4.79 Å². The van der Waals surface area contributed by atoms with Crippen LogP contribution in [0.4, 0.5) is 5.69 Å². The third-order valence-corrected chi connectivity index (χ3v) is 4.39. The summed E-state index contributed by atoms with van der Waals surface area (Å²) in [5, 5.41) is 7.00. The summed E-state index contributed by atoms with van der Waals surface area (Å²) in [7, 11) is 0. The Labute approximate surface area is 157 Å². The lowest BCUT2D eigenvalue weighted by Gasteiger charge is -2.07. The second-order valence-corrected chi connectivity index (χ2v) is 6.23. The molecule has 132 valence electrons. The van der Waals surface area contributed by atoms with Gasteiger partial charge in [-0.2, -0.15) is 0 Å². The molecule has 1 N–H and O–H groups in total. The van der Waals surface area contributed by atoms with Gasteiger partial charge in [0.2, 0.25) is 0 Å². The highest BCUT2D eigenvalue weighted by Crippen LogP contribution is 2.26. The van der Waals surface area contributed by atoms with Crippen LogP contribution in [0, 0.1) is 6.92 Å². The van der Waals surface area contributed by atoms with E-state index < -0.39 is 0 Å². The molecule has 27 heavy (non-hydrogen) atoms. The monoisotopic (exact) mass is 354 g/mol. The van der Waals surface area contributed by atoms with Gasteiger partial charge in [-0.05, 0) is 30.2 Å². The van der Waals surface area contributed by atoms with E-state index in [1.807, 2.05) is 72.8 Å². The molecule has 0 bridgehead atoms. The van der Waals surface area contributed by atoms with E-state index in [0.717, 1.165) is 22.4 Å². The largest absolute Gasteiger partial charge is 0.360 e. The molecule has 0 saturated carbocycles. The number of nitrogens with zero attached hydrogens (tertiary/aromatic N) is 1. The Morgan fingerprint density at radius 3 is 1.96 bits per heavy atom. The summed E-state index contributed by atoms with van der Waals surface area (Å²) >= 11 is 0. The zero-order valence-electron chi connectivity index (χ0n) is 14.8. The summed E-state index contributed by atoms with van der Waals surface area (Å²) in [6, 6.07) is 27.4. The van der Waals surface area contributed by atoms with Crippen LogP contribution in [-0.4, -0.2) is 11.1 Å². The van der Waals surface area contributed by atoms with E-state index in [1.54, 1.807) is 6.92 Å². The Morgan fingerprint density at radius 2 is 1.33 bits per heavy atom. The van der Waals surface area contributed by atoms with Gasteiger partial charge >= 0.3 is 0 Å². The summed E-state index contributed by atoms with van der Waals surface area (Å²) in [6.45, 7) is 1.74. The zero-order valence-corrected chi connectivity index (χ0v) is 14.8. The van der Waals surface area contributed by atoms with Crippen molar-refractivity contribution in [2.24, 2.45) is 0 Å². The van der Waals surface area contributed by atoms with Crippen LogP contribution < -0.4 is 5.32 Å². The van der Waals surface area contributed by atoms with Crippen molar-refractivity contribution in [1.29, 1.82) is 0 Å².